The highest BCUT2D eigenvalue weighted by Crippen LogP contribution is 2.22. The minimum Gasteiger partial charge on any atom is -0.462 e. The molecule has 0 unspecified atom stereocenters. The average Bonchev–Trinajstić information content (AvgIpc) is 2.45. The summed E-state index contributed by atoms with van der Waals surface area (Å²) in [6.45, 7) is 4.48. The second kappa shape index (κ2) is 6.56. The summed E-state index contributed by atoms with van der Waals surface area (Å²) in [7, 11) is 0. The van der Waals surface area contributed by atoms with Gasteiger partial charge in [-0.1, -0.05) is 0 Å². The first-order valence-corrected chi connectivity index (χ1v) is 6.97. The lowest BCUT2D eigenvalue weighted by atomic mass is 10.0. The van der Waals surface area contributed by atoms with E-state index >= 15 is 0 Å². The minimum atomic E-state index is -0.813. The largest absolute Gasteiger partial charge is 0.462 e. The van der Waals surface area contributed by atoms with Crippen LogP contribution in [0.5, 0.6) is 0 Å². The van der Waals surface area contributed by atoms with Crippen LogP contribution in [0.1, 0.15) is 25.2 Å². The molecule has 0 spiro atoms. The van der Waals surface area contributed by atoms with Crippen molar-refractivity contribution < 1.29 is 23.1 Å². The Bertz CT molecular complexity index is 876. The van der Waals surface area contributed by atoms with E-state index in [1.165, 1.54) is 19.1 Å². The molecule has 1 heterocycles. The van der Waals surface area contributed by atoms with Crippen molar-refractivity contribution in [1.29, 1.82) is 0 Å². The Kier molecular flexibility index (Phi) is 4.74. The molecule has 0 saturated heterocycles. The van der Waals surface area contributed by atoms with Crippen molar-refractivity contribution in [3.8, 4) is 0 Å². The first-order chi connectivity index (χ1) is 10.8. The van der Waals surface area contributed by atoms with E-state index in [1.54, 1.807) is 13.8 Å². The van der Waals surface area contributed by atoms with E-state index < -0.39 is 23.0 Å². The van der Waals surface area contributed by atoms with Crippen LogP contribution in [-0.4, -0.2) is 18.4 Å². The van der Waals surface area contributed by atoms with E-state index in [4.69, 9.17) is 9.15 Å². The van der Waals surface area contributed by atoms with Gasteiger partial charge in [0.25, 0.3) is 0 Å². The molecule has 0 aliphatic heterocycles. The fraction of sp³-hybridized carbons (Fsp3) is 0.235. The fourth-order valence-corrected chi connectivity index (χ4v) is 2.14. The Morgan fingerprint density at radius 2 is 2.00 bits per heavy atom. The van der Waals surface area contributed by atoms with Gasteiger partial charge in [0.2, 0.25) is 0 Å². The molecule has 0 bridgehead atoms. The predicted octanol–water partition coefficient (Wildman–Crippen LogP) is 2.78. The molecule has 0 fully saturated rings. The number of hydrogen-bond acceptors (Lipinski definition) is 5. The van der Waals surface area contributed by atoms with E-state index in [0.29, 0.717) is 5.76 Å². The number of halogens is 1. The van der Waals surface area contributed by atoms with Gasteiger partial charge in [-0.15, -0.1) is 0 Å². The number of hydrogen-bond donors (Lipinski definition) is 0. The van der Waals surface area contributed by atoms with Gasteiger partial charge in [0.1, 0.15) is 22.7 Å². The molecule has 0 N–H and O–H groups in total. The summed E-state index contributed by atoms with van der Waals surface area (Å²) < 4.78 is 24.1. The van der Waals surface area contributed by atoms with Crippen LogP contribution < -0.4 is 5.43 Å². The summed E-state index contributed by atoms with van der Waals surface area (Å²) in [4.78, 5) is 35.5. The number of carbonyl (C=O) groups is 2. The second-order valence-electron chi connectivity index (χ2n) is 4.93. The topological polar surface area (TPSA) is 73.6 Å². The Morgan fingerprint density at radius 1 is 1.30 bits per heavy atom. The van der Waals surface area contributed by atoms with Crippen LogP contribution in [0.3, 0.4) is 0 Å². The number of ether oxygens (including phenoxy) is 1. The Morgan fingerprint density at radius 3 is 2.61 bits per heavy atom. The number of rotatable bonds is 4. The van der Waals surface area contributed by atoms with Gasteiger partial charge in [0, 0.05) is 11.6 Å². The van der Waals surface area contributed by atoms with Crippen LogP contribution in [-0.2, 0) is 14.3 Å². The van der Waals surface area contributed by atoms with Gasteiger partial charge < -0.3 is 9.15 Å². The molecule has 2 rings (SSSR count). The van der Waals surface area contributed by atoms with Gasteiger partial charge in [0.05, 0.1) is 12.0 Å². The molecule has 0 aliphatic carbocycles. The van der Waals surface area contributed by atoms with Crippen molar-refractivity contribution >= 4 is 28.8 Å². The summed E-state index contributed by atoms with van der Waals surface area (Å²) >= 11 is 0. The molecule has 0 atom stereocenters. The van der Waals surface area contributed by atoms with Gasteiger partial charge in [-0.2, -0.15) is 0 Å². The van der Waals surface area contributed by atoms with Crippen molar-refractivity contribution in [3.63, 3.8) is 0 Å². The molecule has 0 radical (unpaired) electrons. The zero-order valence-electron chi connectivity index (χ0n) is 12.9. The van der Waals surface area contributed by atoms with Crippen LogP contribution in [0.4, 0.5) is 4.39 Å². The van der Waals surface area contributed by atoms with Gasteiger partial charge in [-0.3, -0.25) is 9.59 Å². The normalized spacial score (nSPS) is 11.6. The summed E-state index contributed by atoms with van der Waals surface area (Å²) in [5, 5.41) is 0.0358. The molecular formula is C17H15FO5. The molecule has 1 aromatic heterocycles. The molecule has 0 saturated carbocycles. The molecule has 1 aromatic carbocycles. The molecule has 120 valence electrons. The Balaban J connectivity index is 2.75. The molecule has 23 heavy (non-hydrogen) atoms. The number of carbonyl (C=O) groups excluding carboxylic acids is 2. The van der Waals surface area contributed by atoms with Crippen LogP contribution >= 0.6 is 0 Å². The van der Waals surface area contributed by atoms with E-state index in [0.717, 1.165) is 12.1 Å². The van der Waals surface area contributed by atoms with Crippen LogP contribution in [0.25, 0.3) is 17.0 Å². The smallest absolute Gasteiger partial charge is 0.341 e. The van der Waals surface area contributed by atoms with Crippen LogP contribution in [0.2, 0.25) is 0 Å². The van der Waals surface area contributed by atoms with Crippen molar-refractivity contribution in [2.45, 2.75) is 20.8 Å². The molecular weight excluding hydrogens is 303 g/mol. The second-order valence-corrected chi connectivity index (χ2v) is 4.93. The Hall–Kier alpha value is -2.76. The van der Waals surface area contributed by atoms with Gasteiger partial charge in [-0.25, -0.2) is 9.18 Å². The van der Waals surface area contributed by atoms with Gasteiger partial charge in [0.15, 0.2) is 11.2 Å². The third kappa shape index (κ3) is 3.53. The monoisotopic (exact) mass is 318 g/mol. The molecule has 0 aliphatic rings. The number of aryl methyl sites for hydroxylation is 1. The van der Waals surface area contributed by atoms with Crippen molar-refractivity contribution in [2.75, 3.05) is 6.61 Å². The molecule has 0 amide bonds. The first kappa shape index (κ1) is 16.6. The van der Waals surface area contributed by atoms with E-state index in [2.05, 4.69) is 0 Å². The van der Waals surface area contributed by atoms with Crippen molar-refractivity contribution in [1.82, 2.24) is 0 Å². The lowest BCUT2D eigenvalue weighted by Crippen LogP contribution is -2.13. The van der Waals surface area contributed by atoms with Crippen molar-refractivity contribution in [2.24, 2.45) is 0 Å². The third-order valence-corrected chi connectivity index (χ3v) is 3.12. The van der Waals surface area contributed by atoms with E-state index in [-0.39, 0.29) is 28.7 Å². The van der Waals surface area contributed by atoms with Gasteiger partial charge >= 0.3 is 5.97 Å². The van der Waals surface area contributed by atoms with E-state index in [1.807, 2.05) is 0 Å². The maximum Gasteiger partial charge on any atom is 0.341 e. The number of ketones is 1. The van der Waals surface area contributed by atoms with Crippen LogP contribution in [0.15, 0.2) is 33.0 Å². The summed E-state index contributed by atoms with van der Waals surface area (Å²) in [6.07, 6.45) is 1.17. The Labute approximate surface area is 131 Å². The van der Waals surface area contributed by atoms with Gasteiger partial charge in [-0.05, 0) is 39.0 Å². The maximum atomic E-state index is 13.8. The minimum absolute atomic E-state index is 0.0358. The zero-order chi connectivity index (χ0) is 17.1. The third-order valence-electron chi connectivity index (χ3n) is 3.12. The fourth-order valence-electron chi connectivity index (χ4n) is 2.14. The summed E-state index contributed by atoms with van der Waals surface area (Å²) in [6, 6.07) is 3.38. The highest BCUT2D eigenvalue weighted by molar-refractivity contribution is 6.20. The summed E-state index contributed by atoms with van der Waals surface area (Å²) in [5.74, 6) is -1.68. The zero-order valence-corrected chi connectivity index (χ0v) is 12.9. The SMILES string of the molecule is CCOC(=O)C(=Cc1cc(F)cc2c(=O)cc(C)oc12)C(C)=O. The van der Waals surface area contributed by atoms with Crippen molar-refractivity contribution in [3.05, 3.63) is 51.1 Å². The number of esters is 1. The number of fused-ring (bicyclic) bond motifs is 1. The lowest BCUT2D eigenvalue weighted by Gasteiger charge is -2.06. The quantitative estimate of drug-likeness (QED) is 0.375. The van der Waals surface area contributed by atoms with Crippen LogP contribution in [0, 0.1) is 12.7 Å². The lowest BCUT2D eigenvalue weighted by molar-refractivity contribution is -0.139. The molecule has 2 aromatic rings. The highest BCUT2D eigenvalue weighted by atomic mass is 19.1. The standard InChI is InChI=1S/C17H15FO5/c1-4-22-17(21)13(10(3)19)7-11-6-12(18)8-14-15(20)5-9(2)23-16(11)14/h5-8H,4H2,1-3H3. The average molecular weight is 318 g/mol. The number of benzene rings is 1. The molecule has 6 heteroatoms. The highest BCUT2D eigenvalue weighted by Gasteiger charge is 2.18. The molecule has 5 nitrogen and oxygen atoms in total. The maximum absolute atomic E-state index is 13.8. The predicted molar refractivity (Wildman–Crippen MR) is 82.5 cm³/mol. The number of Topliss-reactive ketones (excluding diaryl/α,β-unsaturated/α-hetero) is 1. The first-order valence-electron chi connectivity index (χ1n) is 6.97. The van der Waals surface area contributed by atoms with E-state index in [9.17, 15) is 18.8 Å². The summed E-state index contributed by atoms with van der Waals surface area (Å²) in [5.41, 5.74) is -0.417.